The van der Waals surface area contributed by atoms with Gasteiger partial charge in [-0.3, -0.25) is 4.79 Å². The van der Waals surface area contributed by atoms with Crippen LogP contribution in [0, 0.1) is 0 Å². The van der Waals surface area contributed by atoms with E-state index in [1.807, 2.05) is 12.1 Å². The maximum atomic E-state index is 12.3. The van der Waals surface area contributed by atoms with Gasteiger partial charge in [0, 0.05) is 25.6 Å². The third-order valence-corrected chi connectivity index (χ3v) is 6.86. The summed E-state index contributed by atoms with van der Waals surface area (Å²) in [4.78, 5) is 16.4. The summed E-state index contributed by atoms with van der Waals surface area (Å²) in [5.41, 5.74) is 1.27. The lowest BCUT2D eigenvalue weighted by molar-refractivity contribution is -0.131. The molecule has 1 amide bonds. The summed E-state index contributed by atoms with van der Waals surface area (Å²) >= 11 is 0. The third-order valence-electron chi connectivity index (χ3n) is 5.25. The number of carbonyl (C=O) groups is 1. The topological polar surface area (TPSA) is 66.9 Å². The second-order valence-corrected chi connectivity index (χ2v) is 9.47. The highest BCUT2D eigenvalue weighted by molar-refractivity contribution is 7.91. The Morgan fingerprint density at radius 3 is 2.41 bits per heavy atom. The Labute approximate surface area is 163 Å². The van der Waals surface area contributed by atoms with E-state index in [0.717, 1.165) is 31.7 Å². The van der Waals surface area contributed by atoms with E-state index in [4.69, 9.17) is 4.74 Å². The zero-order valence-electron chi connectivity index (χ0n) is 16.7. The molecule has 1 heterocycles. The average molecular weight is 397 g/mol. The van der Waals surface area contributed by atoms with Crippen molar-refractivity contribution in [1.82, 2.24) is 9.80 Å². The largest absolute Gasteiger partial charge is 0.497 e. The Kier molecular flexibility index (Phi) is 8.10. The molecule has 0 radical (unpaired) electrons. The molecule has 1 atom stereocenters. The molecule has 1 aliphatic rings. The van der Waals surface area contributed by atoms with E-state index in [1.54, 1.807) is 12.0 Å². The smallest absolute Gasteiger partial charge is 0.222 e. The lowest BCUT2D eigenvalue weighted by atomic mass is 10.1. The Morgan fingerprint density at radius 2 is 1.85 bits per heavy atom. The van der Waals surface area contributed by atoms with Crippen LogP contribution in [0.25, 0.3) is 0 Å². The molecule has 1 aliphatic heterocycles. The minimum Gasteiger partial charge on any atom is -0.497 e. The fourth-order valence-corrected chi connectivity index (χ4v) is 4.68. The van der Waals surface area contributed by atoms with Gasteiger partial charge in [-0.1, -0.05) is 19.1 Å². The zero-order chi connectivity index (χ0) is 19.9. The number of nitrogens with zero attached hydrogens (tertiary/aromatic N) is 2. The van der Waals surface area contributed by atoms with E-state index >= 15 is 0 Å². The van der Waals surface area contributed by atoms with Gasteiger partial charge in [-0.2, -0.15) is 0 Å². The molecule has 1 saturated heterocycles. The molecular weight excluding hydrogens is 364 g/mol. The molecule has 0 aromatic heterocycles. The number of carbonyl (C=O) groups excluding carboxylic acids is 1. The van der Waals surface area contributed by atoms with Gasteiger partial charge in [0.25, 0.3) is 0 Å². The van der Waals surface area contributed by atoms with Crippen molar-refractivity contribution in [2.45, 2.75) is 39.2 Å². The molecule has 0 bridgehead atoms. The second-order valence-electron chi connectivity index (χ2n) is 7.17. The highest BCUT2D eigenvalue weighted by Gasteiger charge is 2.24. The standard InChI is InChI=1S/C20H32N2O4S/c1-4-21(17(2)16-18-7-9-19(26-3)10-8-18)11-5-6-20(23)22-12-14-27(24,25)15-13-22/h7-10,17H,4-6,11-16H2,1-3H3. The van der Waals surface area contributed by atoms with Crippen molar-refractivity contribution >= 4 is 15.7 Å². The first kappa shape index (κ1) is 21.7. The molecule has 0 spiro atoms. The minimum atomic E-state index is -2.94. The van der Waals surface area contributed by atoms with E-state index in [9.17, 15) is 13.2 Å². The van der Waals surface area contributed by atoms with Crippen LogP contribution in [0.1, 0.15) is 32.3 Å². The van der Waals surface area contributed by atoms with Crippen LogP contribution in [0.4, 0.5) is 0 Å². The highest BCUT2D eigenvalue weighted by Crippen LogP contribution is 2.15. The molecule has 1 aromatic rings. The first-order valence-corrected chi connectivity index (χ1v) is 11.5. The van der Waals surface area contributed by atoms with Gasteiger partial charge >= 0.3 is 0 Å². The molecule has 7 heteroatoms. The molecule has 6 nitrogen and oxygen atoms in total. The first-order chi connectivity index (χ1) is 12.8. The van der Waals surface area contributed by atoms with Crippen molar-refractivity contribution in [3.05, 3.63) is 29.8 Å². The van der Waals surface area contributed by atoms with Crippen molar-refractivity contribution in [3.8, 4) is 5.75 Å². The van der Waals surface area contributed by atoms with E-state index in [1.165, 1.54) is 5.56 Å². The van der Waals surface area contributed by atoms with Crippen LogP contribution in [0.2, 0.25) is 0 Å². The van der Waals surface area contributed by atoms with Crippen molar-refractivity contribution < 1.29 is 17.9 Å². The SMILES string of the molecule is CCN(CCCC(=O)N1CCS(=O)(=O)CC1)C(C)Cc1ccc(OC)cc1. The van der Waals surface area contributed by atoms with Gasteiger partial charge in [-0.25, -0.2) is 8.42 Å². The number of hydrogen-bond acceptors (Lipinski definition) is 5. The summed E-state index contributed by atoms with van der Waals surface area (Å²) in [6, 6.07) is 8.54. The van der Waals surface area contributed by atoms with Crippen LogP contribution in [-0.2, 0) is 21.1 Å². The molecule has 0 aliphatic carbocycles. The number of hydrogen-bond donors (Lipinski definition) is 0. The minimum absolute atomic E-state index is 0.0729. The fourth-order valence-electron chi connectivity index (χ4n) is 3.48. The second kappa shape index (κ2) is 10.1. The lowest BCUT2D eigenvalue weighted by Gasteiger charge is -2.29. The molecule has 152 valence electrons. The molecule has 1 aromatic carbocycles. The highest BCUT2D eigenvalue weighted by atomic mass is 32.2. The summed E-state index contributed by atoms with van der Waals surface area (Å²) in [6.45, 7) is 6.84. The number of amides is 1. The van der Waals surface area contributed by atoms with E-state index in [-0.39, 0.29) is 17.4 Å². The first-order valence-electron chi connectivity index (χ1n) is 9.70. The quantitative estimate of drug-likeness (QED) is 0.639. The van der Waals surface area contributed by atoms with Gasteiger partial charge in [0.15, 0.2) is 9.84 Å². The van der Waals surface area contributed by atoms with Gasteiger partial charge in [0.05, 0.1) is 18.6 Å². The Morgan fingerprint density at radius 1 is 1.22 bits per heavy atom. The van der Waals surface area contributed by atoms with Crippen molar-refractivity contribution in [3.63, 3.8) is 0 Å². The molecule has 1 fully saturated rings. The van der Waals surface area contributed by atoms with Gasteiger partial charge in [-0.05, 0) is 50.6 Å². The number of ether oxygens (including phenoxy) is 1. The Bertz CT molecular complexity index is 689. The Balaban J connectivity index is 1.76. The van der Waals surface area contributed by atoms with E-state index in [2.05, 4.69) is 30.9 Å². The monoisotopic (exact) mass is 396 g/mol. The van der Waals surface area contributed by atoms with Gasteiger partial charge in [0.1, 0.15) is 5.75 Å². The lowest BCUT2D eigenvalue weighted by Crippen LogP contribution is -2.44. The van der Waals surface area contributed by atoms with Gasteiger partial charge in [-0.15, -0.1) is 0 Å². The van der Waals surface area contributed by atoms with Crippen molar-refractivity contribution in [1.29, 1.82) is 0 Å². The van der Waals surface area contributed by atoms with Gasteiger partial charge < -0.3 is 14.5 Å². The van der Waals surface area contributed by atoms with Crippen LogP contribution >= 0.6 is 0 Å². The summed E-state index contributed by atoms with van der Waals surface area (Å²) in [6.07, 6.45) is 2.23. The van der Waals surface area contributed by atoms with E-state index < -0.39 is 9.84 Å². The van der Waals surface area contributed by atoms with Crippen molar-refractivity contribution in [2.24, 2.45) is 0 Å². The zero-order valence-corrected chi connectivity index (χ0v) is 17.5. The van der Waals surface area contributed by atoms with Crippen LogP contribution < -0.4 is 4.74 Å². The number of sulfone groups is 1. The maximum Gasteiger partial charge on any atom is 0.222 e. The van der Waals surface area contributed by atoms with Crippen LogP contribution in [0.5, 0.6) is 5.75 Å². The third kappa shape index (κ3) is 6.81. The molecule has 1 unspecified atom stereocenters. The summed E-state index contributed by atoms with van der Waals surface area (Å²) < 4.78 is 28.1. The number of methoxy groups -OCH3 is 1. The molecule has 2 rings (SSSR count). The molecule has 0 N–H and O–H groups in total. The summed E-state index contributed by atoms with van der Waals surface area (Å²) in [5.74, 6) is 1.13. The number of rotatable bonds is 9. The maximum absolute atomic E-state index is 12.3. The average Bonchev–Trinajstić information content (AvgIpc) is 2.65. The van der Waals surface area contributed by atoms with Crippen LogP contribution in [-0.4, -0.2) is 75.0 Å². The van der Waals surface area contributed by atoms with Crippen LogP contribution in [0.3, 0.4) is 0 Å². The van der Waals surface area contributed by atoms with Gasteiger partial charge in [0.2, 0.25) is 5.91 Å². The van der Waals surface area contributed by atoms with E-state index in [0.29, 0.717) is 25.6 Å². The molecular formula is C20H32N2O4S. The summed E-state index contributed by atoms with van der Waals surface area (Å²) in [5, 5.41) is 0. The predicted octanol–water partition coefficient (Wildman–Crippen LogP) is 1.99. The summed E-state index contributed by atoms with van der Waals surface area (Å²) in [7, 11) is -1.28. The molecule has 27 heavy (non-hydrogen) atoms. The number of benzene rings is 1. The fraction of sp³-hybridized carbons (Fsp3) is 0.650. The molecule has 0 saturated carbocycles. The predicted molar refractivity (Wildman–Crippen MR) is 108 cm³/mol. The van der Waals surface area contributed by atoms with Crippen molar-refractivity contribution in [2.75, 3.05) is 44.8 Å². The van der Waals surface area contributed by atoms with Crippen LogP contribution in [0.15, 0.2) is 24.3 Å². The number of likely N-dealkylation sites (N-methyl/N-ethyl adjacent to an activating group) is 1. The normalized spacial score (nSPS) is 17.7. The Hall–Kier alpha value is -1.60.